The molecule has 128 valence electrons. The summed E-state index contributed by atoms with van der Waals surface area (Å²) >= 11 is 0. The molecule has 0 aliphatic carbocycles. The molecule has 0 aliphatic rings. The van der Waals surface area contributed by atoms with E-state index in [1.54, 1.807) is 25.6 Å². The Bertz CT molecular complexity index is 892. The molecule has 25 heavy (non-hydrogen) atoms. The molecule has 0 radical (unpaired) electrons. The minimum Gasteiger partial charge on any atom is -0.496 e. The van der Waals surface area contributed by atoms with Crippen LogP contribution in [0.1, 0.15) is 27.8 Å². The Balaban J connectivity index is 2.00. The third kappa shape index (κ3) is 3.52. The molecule has 0 aliphatic heterocycles. The van der Waals surface area contributed by atoms with E-state index in [4.69, 9.17) is 4.74 Å². The summed E-state index contributed by atoms with van der Waals surface area (Å²) in [6.45, 7) is 0. The van der Waals surface area contributed by atoms with Gasteiger partial charge in [0, 0.05) is 30.6 Å². The lowest BCUT2D eigenvalue weighted by molar-refractivity contribution is 0.0940. The lowest BCUT2D eigenvalue weighted by atomic mass is 10.0. The standard InChI is InChI=1S/C19H18FN3O2/c1-23-11-10-21-18(23)17(15-8-3-4-9-16(15)25-2)22-19(24)13-6-5-7-14(20)12-13/h3-12,17H,1-2H3,(H,22,24)/t17-/m0/s1. The fraction of sp³-hybridized carbons (Fsp3) is 0.158. The molecule has 1 atom stereocenters. The van der Waals surface area contributed by atoms with Crippen LogP contribution < -0.4 is 10.1 Å². The number of rotatable bonds is 5. The normalized spacial score (nSPS) is 11.8. The summed E-state index contributed by atoms with van der Waals surface area (Å²) in [5.74, 6) is 0.432. The van der Waals surface area contributed by atoms with Gasteiger partial charge in [-0.1, -0.05) is 24.3 Å². The number of carbonyl (C=O) groups excluding carboxylic acids is 1. The second-order valence-corrected chi connectivity index (χ2v) is 5.56. The zero-order chi connectivity index (χ0) is 17.8. The number of halogens is 1. The van der Waals surface area contributed by atoms with Gasteiger partial charge in [0.2, 0.25) is 0 Å². The number of aromatic nitrogens is 2. The van der Waals surface area contributed by atoms with Crippen molar-refractivity contribution in [1.82, 2.24) is 14.9 Å². The summed E-state index contributed by atoms with van der Waals surface area (Å²) in [5.41, 5.74) is 1.01. The zero-order valence-electron chi connectivity index (χ0n) is 13.9. The van der Waals surface area contributed by atoms with Gasteiger partial charge in [0.05, 0.1) is 7.11 Å². The molecule has 2 aromatic carbocycles. The molecule has 1 heterocycles. The van der Waals surface area contributed by atoms with Crippen molar-refractivity contribution in [2.75, 3.05) is 7.11 Å². The predicted octanol–water partition coefficient (Wildman–Crippen LogP) is 3.09. The number of benzene rings is 2. The van der Waals surface area contributed by atoms with Crippen molar-refractivity contribution in [3.8, 4) is 5.75 Å². The highest BCUT2D eigenvalue weighted by Gasteiger charge is 2.24. The Morgan fingerprint density at radius 1 is 1.24 bits per heavy atom. The number of aryl methyl sites for hydroxylation is 1. The molecule has 0 spiro atoms. The quantitative estimate of drug-likeness (QED) is 0.777. The summed E-state index contributed by atoms with van der Waals surface area (Å²) in [7, 11) is 3.42. The summed E-state index contributed by atoms with van der Waals surface area (Å²) in [6, 6.07) is 12.4. The van der Waals surface area contributed by atoms with Crippen molar-refractivity contribution in [3.05, 3.63) is 83.7 Å². The minimum atomic E-state index is -0.535. The Morgan fingerprint density at radius 2 is 2.04 bits per heavy atom. The van der Waals surface area contributed by atoms with Crippen LogP contribution in [-0.2, 0) is 7.05 Å². The van der Waals surface area contributed by atoms with Gasteiger partial charge >= 0.3 is 0 Å². The molecular weight excluding hydrogens is 321 g/mol. The van der Waals surface area contributed by atoms with E-state index in [2.05, 4.69) is 10.3 Å². The first-order chi connectivity index (χ1) is 12.1. The highest BCUT2D eigenvalue weighted by atomic mass is 19.1. The van der Waals surface area contributed by atoms with E-state index in [9.17, 15) is 9.18 Å². The summed E-state index contributed by atoms with van der Waals surface area (Å²) in [6.07, 6.45) is 3.46. The molecule has 3 aromatic rings. The van der Waals surface area contributed by atoms with Crippen LogP contribution in [0.25, 0.3) is 0 Å². The van der Waals surface area contributed by atoms with Crippen molar-refractivity contribution >= 4 is 5.91 Å². The van der Waals surface area contributed by atoms with E-state index in [0.717, 1.165) is 5.56 Å². The van der Waals surface area contributed by atoms with Crippen LogP contribution in [0.3, 0.4) is 0 Å². The number of methoxy groups -OCH3 is 1. The molecule has 1 aromatic heterocycles. The topological polar surface area (TPSA) is 56.1 Å². The Morgan fingerprint density at radius 3 is 2.72 bits per heavy atom. The van der Waals surface area contributed by atoms with Gasteiger partial charge in [-0.05, 0) is 24.3 Å². The molecule has 0 unspecified atom stereocenters. The molecule has 1 amide bonds. The number of carbonyl (C=O) groups is 1. The van der Waals surface area contributed by atoms with Gasteiger partial charge in [-0.15, -0.1) is 0 Å². The zero-order valence-corrected chi connectivity index (χ0v) is 13.9. The monoisotopic (exact) mass is 339 g/mol. The number of nitrogens with one attached hydrogen (secondary N) is 1. The first-order valence-corrected chi connectivity index (χ1v) is 7.76. The number of nitrogens with zero attached hydrogens (tertiary/aromatic N) is 2. The van der Waals surface area contributed by atoms with Gasteiger partial charge < -0.3 is 14.6 Å². The second-order valence-electron chi connectivity index (χ2n) is 5.56. The van der Waals surface area contributed by atoms with Crippen molar-refractivity contribution in [3.63, 3.8) is 0 Å². The predicted molar refractivity (Wildman–Crippen MR) is 91.9 cm³/mol. The van der Waals surface area contributed by atoms with Gasteiger partial charge in [-0.2, -0.15) is 0 Å². The molecule has 0 bridgehead atoms. The highest BCUT2D eigenvalue weighted by molar-refractivity contribution is 5.94. The van der Waals surface area contributed by atoms with Crippen LogP contribution in [0.4, 0.5) is 4.39 Å². The highest BCUT2D eigenvalue weighted by Crippen LogP contribution is 2.29. The average Bonchev–Trinajstić information content (AvgIpc) is 3.05. The first-order valence-electron chi connectivity index (χ1n) is 7.76. The molecule has 0 fully saturated rings. The maximum atomic E-state index is 13.4. The van der Waals surface area contributed by atoms with Crippen LogP contribution in [0.15, 0.2) is 60.9 Å². The van der Waals surface area contributed by atoms with Crippen molar-refractivity contribution < 1.29 is 13.9 Å². The summed E-state index contributed by atoms with van der Waals surface area (Å²) < 4.78 is 20.7. The lowest BCUT2D eigenvalue weighted by Gasteiger charge is -2.21. The van der Waals surface area contributed by atoms with Crippen molar-refractivity contribution in [1.29, 1.82) is 0 Å². The smallest absolute Gasteiger partial charge is 0.252 e. The number of amides is 1. The maximum Gasteiger partial charge on any atom is 0.252 e. The van der Waals surface area contributed by atoms with E-state index in [-0.39, 0.29) is 5.56 Å². The molecule has 0 saturated heterocycles. The number of para-hydroxylation sites is 1. The Kier molecular flexibility index (Phi) is 4.79. The molecule has 5 nitrogen and oxygen atoms in total. The van der Waals surface area contributed by atoms with Crippen LogP contribution in [0, 0.1) is 5.82 Å². The maximum absolute atomic E-state index is 13.4. The largest absolute Gasteiger partial charge is 0.496 e. The number of hydrogen-bond donors (Lipinski definition) is 1. The summed E-state index contributed by atoms with van der Waals surface area (Å²) in [5, 5.41) is 2.93. The van der Waals surface area contributed by atoms with Gasteiger partial charge in [-0.25, -0.2) is 9.37 Å². The van der Waals surface area contributed by atoms with Crippen molar-refractivity contribution in [2.45, 2.75) is 6.04 Å². The SMILES string of the molecule is COc1ccccc1[C@H](NC(=O)c1cccc(F)c1)c1nccn1C. The lowest BCUT2D eigenvalue weighted by Crippen LogP contribution is -2.31. The molecule has 1 N–H and O–H groups in total. The number of ether oxygens (including phenoxy) is 1. The molecule has 0 saturated carbocycles. The van der Waals surface area contributed by atoms with E-state index in [1.165, 1.54) is 18.2 Å². The number of hydrogen-bond acceptors (Lipinski definition) is 3. The van der Waals surface area contributed by atoms with Crippen LogP contribution >= 0.6 is 0 Å². The third-order valence-electron chi connectivity index (χ3n) is 3.93. The number of imidazole rings is 1. The molecular formula is C19H18FN3O2. The van der Waals surface area contributed by atoms with E-state index in [1.807, 2.05) is 35.9 Å². The first kappa shape index (κ1) is 16.7. The third-order valence-corrected chi connectivity index (χ3v) is 3.93. The summed E-state index contributed by atoms with van der Waals surface area (Å²) in [4.78, 5) is 17.0. The molecule has 6 heteroatoms. The van der Waals surface area contributed by atoms with Crippen LogP contribution in [0.2, 0.25) is 0 Å². The average molecular weight is 339 g/mol. The molecule has 3 rings (SSSR count). The minimum absolute atomic E-state index is 0.245. The van der Waals surface area contributed by atoms with Gasteiger partial charge in [0.1, 0.15) is 23.4 Å². The van der Waals surface area contributed by atoms with Gasteiger partial charge in [0.25, 0.3) is 5.91 Å². The fourth-order valence-corrected chi connectivity index (χ4v) is 2.69. The fourth-order valence-electron chi connectivity index (χ4n) is 2.69. The van der Waals surface area contributed by atoms with E-state index < -0.39 is 17.8 Å². The second kappa shape index (κ2) is 7.17. The van der Waals surface area contributed by atoms with Gasteiger partial charge in [0.15, 0.2) is 0 Å². The Labute approximate surface area is 145 Å². The van der Waals surface area contributed by atoms with Crippen LogP contribution in [-0.4, -0.2) is 22.6 Å². The van der Waals surface area contributed by atoms with Gasteiger partial charge in [-0.3, -0.25) is 4.79 Å². The van der Waals surface area contributed by atoms with Crippen LogP contribution in [0.5, 0.6) is 5.75 Å². The Hall–Kier alpha value is -3.15. The van der Waals surface area contributed by atoms with E-state index >= 15 is 0 Å². The van der Waals surface area contributed by atoms with E-state index in [0.29, 0.717) is 11.6 Å². The van der Waals surface area contributed by atoms with Crippen molar-refractivity contribution in [2.24, 2.45) is 7.05 Å².